The second-order valence-corrected chi connectivity index (χ2v) is 5.56. The first-order valence-corrected chi connectivity index (χ1v) is 5.93. The summed E-state index contributed by atoms with van der Waals surface area (Å²) in [5, 5.41) is 21.1. The number of carbonyl (C=O) groups is 2. The molecule has 1 aromatic rings. The standard InChI is InChI=1S/C12H19N3O4/c1-12(2,3)4-7(16)5-13-10(17)8-9(11(18)19)15-6-14-8/h6-7,16H,4-5H2,1-3H3,(H,13,17)(H,14,15)(H,18,19). The molecule has 0 radical (unpaired) electrons. The Morgan fingerprint density at radius 1 is 1.47 bits per heavy atom. The van der Waals surface area contributed by atoms with Crippen molar-refractivity contribution in [2.24, 2.45) is 5.41 Å². The number of aliphatic hydroxyl groups excluding tert-OH is 1. The molecule has 0 aliphatic heterocycles. The first-order chi connectivity index (χ1) is 8.70. The molecular formula is C12H19N3O4. The molecule has 1 unspecified atom stereocenters. The summed E-state index contributed by atoms with van der Waals surface area (Å²) in [6, 6.07) is 0. The Kier molecular flexibility index (Phi) is 4.66. The van der Waals surface area contributed by atoms with Crippen LogP contribution in [0.2, 0.25) is 0 Å². The van der Waals surface area contributed by atoms with Crippen molar-refractivity contribution in [3.63, 3.8) is 0 Å². The summed E-state index contributed by atoms with van der Waals surface area (Å²) in [6.45, 7) is 6.00. The maximum atomic E-state index is 11.7. The lowest BCUT2D eigenvalue weighted by molar-refractivity contribution is 0.0684. The molecule has 1 aromatic heterocycles. The monoisotopic (exact) mass is 269 g/mol. The van der Waals surface area contributed by atoms with Crippen molar-refractivity contribution in [3.05, 3.63) is 17.7 Å². The van der Waals surface area contributed by atoms with E-state index < -0.39 is 18.0 Å². The SMILES string of the molecule is CC(C)(C)CC(O)CNC(=O)c1nc[nH]c1C(=O)O. The predicted molar refractivity (Wildman–Crippen MR) is 68.0 cm³/mol. The van der Waals surface area contributed by atoms with E-state index in [0.717, 1.165) is 6.33 Å². The minimum atomic E-state index is -1.25. The number of H-pyrrole nitrogens is 1. The summed E-state index contributed by atoms with van der Waals surface area (Å²) >= 11 is 0. The van der Waals surface area contributed by atoms with Gasteiger partial charge >= 0.3 is 5.97 Å². The normalized spacial score (nSPS) is 13.1. The van der Waals surface area contributed by atoms with Crippen LogP contribution >= 0.6 is 0 Å². The predicted octanol–water partition coefficient (Wildman–Crippen LogP) is 0.635. The van der Waals surface area contributed by atoms with Crippen LogP contribution in [0.25, 0.3) is 0 Å². The van der Waals surface area contributed by atoms with Gasteiger partial charge in [-0.2, -0.15) is 0 Å². The van der Waals surface area contributed by atoms with Crippen molar-refractivity contribution in [3.8, 4) is 0 Å². The van der Waals surface area contributed by atoms with E-state index in [4.69, 9.17) is 5.11 Å². The zero-order chi connectivity index (χ0) is 14.6. The molecule has 0 saturated heterocycles. The van der Waals surface area contributed by atoms with Crippen LogP contribution in [-0.4, -0.2) is 44.7 Å². The average Bonchev–Trinajstić information content (AvgIpc) is 2.72. The Hall–Kier alpha value is -1.89. The molecule has 1 amide bonds. The summed E-state index contributed by atoms with van der Waals surface area (Å²) in [5.74, 6) is -1.87. The van der Waals surface area contributed by atoms with Crippen molar-refractivity contribution in [2.75, 3.05) is 6.54 Å². The quantitative estimate of drug-likeness (QED) is 0.626. The third-order valence-electron chi connectivity index (χ3n) is 2.41. The number of carbonyl (C=O) groups excluding carboxylic acids is 1. The molecule has 1 heterocycles. The van der Waals surface area contributed by atoms with E-state index in [1.807, 2.05) is 20.8 Å². The molecule has 1 rings (SSSR count). The number of rotatable bonds is 5. The molecule has 0 aliphatic rings. The van der Waals surface area contributed by atoms with E-state index in [-0.39, 0.29) is 23.3 Å². The third-order valence-corrected chi connectivity index (χ3v) is 2.41. The van der Waals surface area contributed by atoms with Crippen molar-refractivity contribution >= 4 is 11.9 Å². The second kappa shape index (κ2) is 5.83. The van der Waals surface area contributed by atoms with E-state index >= 15 is 0 Å². The molecule has 0 aliphatic carbocycles. The number of nitrogens with zero attached hydrogens (tertiary/aromatic N) is 1. The van der Waals surface area contributed by atoms with Crippen LogP contribution < -0.4 is 5.32 Å². The Balaban J connectivity index is 2.56. The lowest BCUT2D eigenvalue weighted by Crippen LogP contribution is -2.35. The molecular weight excluding hydrogens is 250 g/mol. The molecule has 19 heavy (non-hydrogen) atoms. The Morgan fingerprint density at radius 2 is 2.11 bits per heavy atom. The minimum absolute atomic E-state index is 0.0529. The number of imidazole rings is 1. The molecule has 0 bridgehead atoms. The number of aromatic nitrogens is 2. The highest BCUT2D eigenvalue weighted by Crippen LogP contribution is 2.20. The van der Waals surface area contributed by atoms with Crippen LogP contribution in [0, 0.1) is 5.41 Å². The zero-order valence-electron chi connectivity index (χ0n) is 11.2. The van der Waals surface area contributed by atoms with Gasteiger partial charge in [-0.05, 0) is 11.8 Å². The van der Waals surface area contributed by atoms with Gasteiger partial charge < -0.3 is 20.5 Å². The maximum absolute atomic E-state index is 11.7. The number of aromatic carboxylic acids is 1. The van der Waals surface area contributed by atoms with Crippen LogP contribution in [0.4, 0.5) is 0 Å². The second-order valence-electron chi connectivity index (χ2n) is 5.56. The fourth-order valence-corrected chi connectivity index (χ4v) is 1.70. The summed E-state index contributed by atoms with van der Waals surface area (Å²) in [6.07, 6.45) is 0.986. The minimum Gasteiger partial charge on any atom is -0.477 e. The van der Waals surface area contributed by atoms with E-state index in [2.05, 4.69) is 15.3 Å². The molecule has 7 nitrogen and oxygen atoms in total. The lowest BCUT2D eigenvalue weighted by atomic mass is 9.89. The largest absolute Gasteiger partial charge is 0.477 e. The maximum Gasteiger partial charge on any atom is 0.354 e. The fourth-order valence-electron chi connectivity index (χ4n) is 1.70. The Morgan fingerprint density at radius 3 is 2.63 bits per heavy atom. The molecule has 4 N–H and O–H groups in total. The summed E-state index contributed by atoms with van der Waals surface area (Å²) in [4.78, 5) is 28.6. The smallest absolute Gasteiger partial charge is 0.354 e. The fraction of sp³-hybridized carbons (Fsp3) is 0.583. The van der Waals surface area contributed by atoms with Crippen LogP contribution in [0.1, 0.15) is 48.2 Å². The molecule has 106 valence electrons. The van der Waals surface area contributed by atoms with Crippen LogP contribution in [0.3, 0.4) is 0 Å². The molecule has 0 spiro atoms. The Labute approximate surface area is 111 Å². The number of carboxylic acid groups (broad SMARTS) is 1. The van der Waals surface area contributed by atoms with Crippen molar-refractivity contribution < 1.29 is 19.8 Å². The van der Waals surface area contributed by atoms with Crippen molar-refractivity contribution in [1.29, 1.82) is 0 Å². The third kappa shape index (κ3) is 4.70. The number of hydrogen-bond donors (Lipinski definition) is 4. The summed E-state index contributed by atoms with van der Waals surface area (Å²) < 4.78 is 0. The van der Waals surface area contributed by atoms with E-state index in [0.29, 0.717) is 6.42 Å². The number of hydrogen-bond acceptors (Lipinski definition) is 4. The van der Waals surface area contributed by atoms with Gasteiger partial charge in [0.05, 0.1) is 12.4 Å². The van der Waals surface area contributed by atoms with Gasteiger partial charge in [-0.25, -0.2) is 9.78 Å². The molecule has 7 heteroatoms. The molecule has 0 fully saturated rings. The van der Waals surface area contributed by atoms with E-state index in [1.165, 1.54) is 0 Å². The van der Waals surface area contributed by atoms with Gasteiger partial charge in [0.15, 0.2) is 11.4 Å². The van der Waals surface area contributed by atoms with Gasteiger partial charge in [0, 0.05) is 6.54 Å². The van der Waals surface area contributed by atoms with Gasteiger partial charge in [-0.15, -0.1) is 0 Å². The highest BCUT2D eigenvalue weighted by molar-refractivity contribution is 6.02. The summed E-state index contributed by atoms with van der Waals surface area (Å²) in [7, 11) is 0. The first-order valence-electron chi connectivity index (χ1n) is 5.93. The first kappa shape index (κ1) is 15.2. The van der Waals surface area contributed by atoms with Gasteiger partial charge in [0.25, 0.3) is 5.91 Å². The highest BCUT2D eigenvalue weighted by atomic mass is 16.4. The van der Waals surface area contributed by atoms with Gasteiger partial charge in [-0.1, -0.05) is 20.8 Å². The number of carboxylic acids is 1. The lowest BCUT2D eigenvalue weighted by Gasteiger charge is -2.22. The van der Waals surface area contributed by atoms with Crippen LogP contribution in [-0.2, 0) is 0 Å². The van der Waals surface area contributed by atoms with Gasteiger partial charge in [-0.3, -0.25) is 4.79 Å². The van der Waals surface area contributed by atoms with E-state index in [1.54, 1.807) is 0 Å². The van der Waals surface area contributed by atoms with Gasteiger partial charge in [0.2, 0.25) is 0 Å². The van der Waals surface area contributed by atoms with Crippen LogP contribution in [0.15, 0.2) is 6.33 Å². The number of amides is 1. The Bertz CT molecular complexity index is 462. The van der Waals surface area contributed by atoms with E-state index in [9.17, 15) is 14.7 Å². The highest BCUT2D eigenvalue weighted by Gasteiger charge is 2.21. The number of aliphatic hydroxyl groups is 1. The summed E-state index contributed by atoms with van der Waals surface area (Å²) in [5.41, 5.74) is -0.499. The number of nitrogens with one attached hydrogen (secondary N) is 2. The van der Waals surface area contributed by atoms with Crippen LogP contribution in [0.5, 0.6) is 0 Å². The number of aromatic amines is 1. The molecule has 1 atom stereocenters. The van der Waals surface area contributed by atoms with Gasteiger partial charge in [0.1, 0.15) is 0 Å². The van der Waals surface area contributed by atoms with Crippen molar-refractivity contribution in [1.82, 2.24) is 15.3 Å². The molecule has 0 aromatic carbocycles. The van der Waals surface area contributed by atoms with Crippen molar-refractivity contribution in [2.45, 2.75) is 33.3 Å². The topological polar surface area (TPSA) is 115 Å². The average molecular weight is 269 g/mol. The molecule has 0 saturated carbocycles. The zero-order valence-corrected chi connectivity index (χ0v) is 11.2.